The van der Waals surface area contributed by atoms with E-state index in [9.17, 15) is 13.0 Å². The van der Waals surface area contributed by atoms with Gasteiger partial charge in [-0.05, 0) is 24.1 Å². The Bertz CT molecular complexity index is 430. The van der Waals surface area contributed by atoms with Crippen LogP contribution in [0.5, 0.6) is 0 Å². The van der Waals surface area contributed by atoms with Crippen LogP contribution in [0.25, 0.3) is 0 Å². The molecule has 0 N–H and O–H groups in total. The molecule has 0 unspecified atom stereocenters. The maximum atomic E-state index is 10.4. The molecule has 3 nitrogen and oxygen atoms in total. The minimum absolute atomic E-state index is 0.151. The van der Waals surface area contributed by atoms with E-state index in [1.54, 1.807) is 18.2 Å². The Hall–Kier alpha value is -0.100. The van der Waals surface area contributed by atoms with E-state index in [1.807, 2.05) is 0 Å². The van der Waals surface area contributed by atoms with Crippen LogP contribution in [0.3, 0.4) is 0 Å². The molecule has 0 aromatic heterocycles. The Kier molecular flexibility index (Phi) is 3.94. The smallest absolute Gasteiger partial charge is 0.0949 e. The van der Waals surface area contributed by atoms with Crippen LogP contribution in [-0.2, 0) is 16.5 Å². The fourth-order valence-corrected chi connectivity index (χ4v) is 2.20. The van der Waals surface area contributed by atoms with E-state index < -0.39 is 15.9 Å². The second-order valence-corrected chi connectivity index (χ2v) is 5.59. The van der Waals surface area contributed by atoms with Crippen LogP contribution in [0.1, 0.15) is 5.56 Å². The van der Waals surface area contributed by atoms with Crippen molar-refractivity contribution in [2.45, 2.75) is 6.42 Å². The highest BCUT2D eigenvalue weighted by Gasteiger charge is 2.03. The number of hydrogen-bond donors (Lipinski definition) is 0. The van der Waals surface area contributed by atoms with Gasteiger partial charge in [-0.1, -0.05) is 33.6 Å². The van der Waals surface area contributed by atoms with Crippen LogP contribution in [0.4, 0.5) is 0 Å². The predicted molar refractivity (Wildman–Crippen MR) is 57.4 cm³/mol. The van der Waals surface area contributed by atoms with Crippen LogP contribution in [0.15, 0.2) is 22.7 Å². The Morgan fingerprint density at radius 2 is 2.07 bits per heavy atom. The van der Waals surface area contributed by atoms with Gasteiger partial charge in [0.15, 0.2) is 0 Å². The van der Waals surface area contributed by atoms with Crippen molar-refractivity contribution in [1.29, 1.82) is 0 Å². The molecule has 0 saturated heterocycles. The quantitative estimate of drug-likeness (QED) is 0.804. The summed E-state index contributed by atoms with van der Waals surface area (Å²) >= 11 is 9.05. The summed E-state index contributed by atoms with van der Waals surface area (Å²) < 4.78 is 31.9. The molecule has 0 fully saturated rings. The molecule has 0 saturated carbocycles. The van der Waals surface area contributed by atoms with Crippen molar-refractivity contribution in [2.24, 2.45) is 0 Å². The molecule has 0 radical (unpaired) electrons. The molecule has 78 valence electrons. The van der Waals surface area contributed by atoms with Gasteiger partial charge in [-0.25, -0.2) is 8.42 Å². The first-order valence-electron chi connectivity index (χ1n) is 3.76. The molecule has 0 bridgehead atoms. The van der Waals surface area contributed by atoms with Gasteiger partial charge < -0.3 is 4.55 Å². The van der Waals surface area contributed by atoms with Crippen molar-refractivity contribution in [3.63, 3.8) is 0 Å². The fourth-order valence-electron chi connectivity index (χ4n) is 0.959. The number of halogens is 2. The van der Waals surface area contributed by atoms with Crippen LogP contribution in [-0.4, -0.2) is 18.7 Å². The molecule has 0 aliphatic carbocycles. The van der Waals surface area contributed by atoms with Gasteiger partial charge in [-0.3, -0.25) is 0 Å². The summed E-state index contributed by atoms with van der Waals surface area (Å²) in [5.74, 6) is -0.422. The van der Waals surface area contributed by atoms with E-state index in [4.69, 9.17) is 11.6 Å². The van der Waals surface area contributed by atoms with Crippen molar-refractivity contribution < 1.29 is 13.0 Å². The summed E-state index contributed by atoms with van der Waals surface area (Å²) in [4.78, 5) is 0. The fraction of sp³-hybridized carbons (Fsp3) is 0.250. The number of rotatable bonds is 3. The molecule has 1 rings (SSSR count). The third-order valence-corrected chi connectivity index (χ3v) is 3.19. The average molecular weight is 299 g/mol. The molecule has 0 heterocycles. The molecule has 6 heteroatoms. The topological polar surface area (TPSA) is 57.2 Å². The lowest BCUT2D eigenvalue weighted by Crippen LogP contribution is -2.07. The van der Waals surface area contributed by atoms with Gasteiger partial charge in [0.2, 0.25) is 0 Å². The normalized spacial score (nSPS) is 11.6. The van der Waals surface area contributed by atoms with Crippen LogP contribution in [0.2, 0.25) is 5.02 Å². The Morgan fingerprint density at radius 3 is 2.57 bits per heavy atom. The predicted octanol–water partition coefficient (Wildman–Crippen LogP) is 2.19. The zero-order valence-corrected chi connectivity index (χ0v) is 10.2. The standard InChI is InChI=1S/C8H8BrClO3S/c9-7-2-1-6(8(10)5-7)3-4-14(11,12)13/h1-2,5H,3-4H2,(H,11,12,13)/p-1. The number of benzene rings is 1. The lowest BCUT2D eigenvalue weighted by molar-refractivity contribution is 0.462. The van der Waals surface area contributed by atoms with E-state index in [0.717, 1.165) is 4.47 Å². The molecule has 1 aromatic rings. The minimum Gasteiger partial charge on any atom is -0.748 e. The lowest BCUT2D eigenvalue weighted by atomic mass is 10.2. The Labute approximate surface area is 96.0 Å². The molecular weight excluding hydrogens is 292 g/mol. The van der Waals surface area contributed by atoms with Crippen molar-refractivity contribution in [3.05, 3.63) is 33.3 Å². The molecule has 0 atom stereocenters. The van der Waals surface area contributed by atoms with Gasteiger partial charge in [-0.15, -0.1) is 0 Å². The SMILES string of the molecule is O=S(=O)([O-])CCc1ccc(Br)cc1Cl. The highest BCUT2D eigenvalue weighted by atomic mass is 79.9. The first kappa shape index (κ1) is 12.0. The van der Waals surface area contributed by atoms with E-state index >= 15 is 0 Å². The van der Waals surface area contributed by atoms with Crippen molar-refractivity contribution in [3.8, 4) is 0 Å². The van der Waals surface area contributed by atoms with Gasteiger partial charge in [0.05, 0.1) is 10.1 Å². The second kappa shape index (κ2) is 4.61. The summed E-state index contributed by atoms with van der Waals surface area (Å²) in [7, 11) is -4.17. The first-order chi connectivity index (χ1) is 6.38. The van der Waals surface area contributed by atoms with Gasteiger partial charge >= 0.3 is 0 Å². The maximum absolute atomic E-state index is 10.4. The summed E-state index contributed by atoms with van der Waals surface area (Å²) in [6.07, 6.45) is 0.151. The van der Waals surface area contributed by atoms with Crippen molar-refractivity contribution >= 4 is 37.6 Å². The molecule has 1 aromatic carbocycles. The summed E-state index contributed by atoms with van der Waals surface area (Å²) in [6.45, 7) is 0. The van der Waals surface area contributed by atoms with Crippen molar-refractivity contribution in [1.82, 2.24) is 0 Å². The summed E-state index contributed by atoms with van der Waals surface area (Å²) in [5, 5.41) is 0.461. The van der Waals surface area contributed by atoms with E-state index in [-0.39, 0.29) is 6.42 Å². The van der Waals surface area contributed by atoms with Crippen LogP contribution < -0.4 is 0 Å². The highest BCUT2D eigenvalue weighted by molar-refractivity contribution is 9.10. The van der Waals surface area contributed by atoms with Gasteiger partial charge in [0, 0.05) is 15.2 Å². The number of aryl methyl sites for hydroxylation is 1. The van der Waals surface area contributed by atoms with E-state index in [1.165, 1.54) is 0 Å². The highest BCUT2D eigenvalue weighted by Crippen LogP contribution is 2.21. The summed E-state index contributed by atoms with van der Waals surface area (Å²) in [6, 6.07) is 5.10. The Balaban J connectivity index is 2.78. The molecule has 14 heavy (non-hydrogen) atoms. The van der Waals surface area contributed by atoms with E-state index in [2.05, 4.69) is 15.9 Å². The maximum Gasteiger partial charge on any atom is 0.0949 e. The first-order valence-corrected chi connectivity index (χ1v) is 6.51. The number of hydrogen-bond acceptors (Lipinski definition) is 3. The Morgan fingerprint density at radius 1 is 1.43 bits per heavy atom. The van der Waals surface area contributed by atoms with Gasteiger partial charge in [-0.2, -0.15) is 0 Å². The largest absolute Gasteiger partial charge is 0.748 e. The molecular formula is C8H7BrClO3S-. The summed E-state index contributed by atoms with van der Waals surface area (Å²) in [5.41, 5.74) is 0.661. The van der Waals surface area contributed by atoms with Gasteiger partial charge in [0.25, 0.3) is 0 Å². The molecule has 0 aliphatic rings. The zero-order valence-electron chi connectivity index (χ0n) is 7.04. The second-order valence-electron chi connectivity index (χ2n) is 2.75. The third kappa shape index (κ3) is 3.96. The molecule has 0 spiro atoms. The minimum atomic E-state index is -4.17. The van der Waals surface area contributed by atoms with Gasteiger partial charge in [0.1, 0.15) is 0 Å². The zero-order chi connectivity index (χ0) is 10.8. The van der Waals surface area contributed by atoms with E-state index in [0.29, 0.717) is 10.6 Å². The molecule has 0 aliphatic heterocycles. The van der Waals surface area contributed by atoms with Crippen LogP contribution in [0, 0.1) is 0 Å². The average Bonchev–Trinajstić information content (AvgIpc) is 2.00. The molecule has 0 amide bonds. The third-order valence-electron chi connectivity index (χ3n) is 1.64. The van der Waals surface area contributed by atoms with Crippen LogP contribution >= 0.6 is 27.5 Å². The van der Waals surface area contributed by atoms with Crippen molar-refractivity contribution in [2.75, 3.05) is 5.75 Å². The monoisotopic (exact) mass is 297 g/mol. The lowest BCUT2D eigenvalue weighted by Gasteiger charge is -2.07.